The van der Waals surface area contributed by atoms with E-state index < -0.39 is 0 Å². The Balaban J connectivity index is 1.68. The minimum Gasteiger partial charge on any atom is -0.323 e. The van der Waals surface area contributed by atoms with Crippen molar-refractivity contribution < 1.29 is 4.79 Å². The monoisotopic (exact) mass is 286 g/mol. The molecule has 0 unspecified atom stereocenters. The molecule has 21 heavy (non-hydrogen) atoms. The third-order valence-corrected chi connectivity index (χ3v) is 3.42. The number of rotatable bonds is 4. The van der Waals surface area contributed by atoms with Gasteiger partial charge < -0.3 is 10.6 Å². The number of hydrogen-bond donors (Lipinski definition) is 2. The van der Waals surface area contributed by atoms with Gasteiger partial charge in [0.15, 0.2) is 0 Å². The summed E-state index contributed by atoms with van der Waals surface area (Å²) in [5.41, 5.74) is 1.55. The van der Waals surface area contributed by atoms with Gasteiger partial charge in [-0.1, -0.05) is 12.1 Å². The molecule has 1 amide bonds. The highest BCUT2D eigenvalue weighted by Crippen LogP contribution is 2.18. The van der Waals surface area contributed by atoms with E-state index in [9.17, 15) is 4.79 Å². The Hall–Kier alpha value is -2.25. The van der Waals surface area contributed by atoms with Gasteiger partial charge in [-0.25, -0.2) is 9.67 Å². The van der Waals surface area contributed by atoms with Gasteiger partial charge in [-0.3, -0.25) is 9.69 Å². The lowest BCUT2D eigenvalue weighted by Crippen LogP contribution is -2.46. The summed E-state index contributed by atoms with van der Waals surface area (Å²) in [5.74, 6) is -0.00975. The van der Waals surface area contributed by atoms with Gasteiger partial charge in [0, 0.05) is 26.2 Å². The van der Waals surface area contributed by atoms with Crippen molar-refractivity contribution in [2.75, 3.05) is 38.0 Å². The normalized spacial score (nSPS) is 15.8. The maximum absolute atomic E-state index is 12.2. The molecule has 110 valence electrons. The molecule has 7 nitrogen and oxygen atoms in total. The van der Waals surface area contributed by atoms with E-state index in [1.165, 1.54) is 6.33 Å². The zero-order valence-electron chi connectivity index (χ0n) is 11.7. The molecule has 3 rings (SSSR count). The highest BCUT2D eigenvalue weighted by molar-refractivity contribution is 5.94. The quantitative estimate of drug-likeness (QED) is 0.834. The van der Waals surface area contributed by atoms with Crippen LogP contribution in [0.4, 0.5) is 5.69 Å². The Morgan fingerprint density at radius 3 is 2.86 bits per heavy atom. The first kappa shape index (κ1) is 13.7. The molecule has 2 aromatic rings. The first-order valence-electron chi connectivity index (χ1n) is 7.00. The highest BCUT2D eigenvalue weighted by Gasteiger charge is 2.14. The SMILES string of the molecule is O=C(CN1CCNCC1)Nc1ccccc1-n1cncn1. The molecular formula is C14H18N6O. The molecule has 0 atom stereocenters. The van der Waals surface area contributed by atoms with E-state index in [2.05, 4.69) is 25.6 Å². The second-order valence-electron chi connectivity index (χ2n) is 4.93. The van der Waals surface area contributed by atoms with Crippen molar-refractivity contribution in [1.29, 1.82) is 0 Å². The fraction of sp³-hybridized carbons (Fsp3) is 0.357. The molecule has 0 saturated carbocycles. The Bertz CT molecular complexity index is 591. The van der Waals surface area contributed by atoms with E-state index in [0.717, 1.165) is 37.6 Å². The van der Waals surface area contributed by atoms with Gasteiger partial charge in [0.25, 0.3) is 0 Å². The van der Waals surface area contributed by atoms with Crippen LogP contribution in [0.5, 0.6) is 0 Å². The second-order valence-corrected chi connectivity index (χ2v) is 4.93. The third kappa shape index (κ3) is 3.45. The van der Waals surface area contributed by atoms with Crippen molar-refractivity contribution in [3.05, 3.63) is 36.9 Å². The Kier molecular flexibility index (Phi) is 4.23. The van der Waals surface area contributed by atoms with E-state index in [4.69, 9.17) is 0 Å². The highest BCUT2D eigenvalue weighted by atomic mass is 16.2. The number of para-hydroxylation sites is 2. The van der Waals surface area contributed by atoms with Crippen LogP contribution in [-0.4, -0.2) is 58.3 Å². The van der Waals surface area contributed by atoms with Crippen molar-refractivity contribution in [1.82, 2.24) is 25.0 Å². The smallest absolute Gasteiger partial charge is 0.238 e. The molecule has 1 aliphatic rings. The van der Waals surface area contributed by atoms with Crippen LogP contribution in [0.3, 0.4) is 0 Å². The first-order valence-corrected chi connectivity index (χ1v) is 7.00. The number of anilines is 1. The summed E-state index contributed by atoms with van der Waals surface area (Å²) in [4.78, 5) is 18.3. The van der Waals surface area contributed by atoms with E-state index >= 15 is 0 Å². The molecule has 2 heterocycles. The van der Waals surface area contributed by atoms with Crippen LogP contribution in [0.25, 0.3) is 5.69 Å². The molecule has 0 radical (unpaired) electrons. The molecule has 0 aliphatic carbocycles. The number of benzene rings is 1. The minimum atomic E-state index is -0.00975. The summed E-state index contributed by atoms with van der Waals surface area (Å²) in [6, 6.07) is 7.56. The third-order valence-electron chi connectivity index (χ3n) is 3.42. The number of hydrogen-bond acceptors (Lipinski definition) is 5. The lowest BCUT2D eigenvalue weighted by atomic mass is 10.2. The first-order chi connectivity index (χ1) is 10.3. The van der Waals surface area contributed by atoms with Crippen LogP contribution in [-0.2, 0) is 4.79 Å². The molecule has 1 saturated heterocycles. The van der Waals surface area contributed by atoms with Gasteiger partial charge in [0.05, 0.1) is 17.9 Å². The van der Waals surface area contributed by atoms with Crippen LogP contribution in [0, 0.1) is 0 Å². The molecule has 2 N–H and O–H groups in total. The lowest BCUT2D eigenvalue weighted by molar-refractivity contribution is -0.117. The predicted molar refractivity (Wildman–Crippen MR) is 79.3 cm³/mol. The van der Waals surface area contributed by atoms with Crippen LogP contribution < -0.4 is 10.6 Å². The fourth-order valence-electron chi connectivity index (χ4n) is 2.37. The van der Waals surface area contributed by atoms with Crippen LogP contribution in [0.2, 0.25) is 0 Å². The average Bonchev–Trinajstić information content (AvgIpc) is 3.03. The van der Waals surface area contributed by atoms with Crippen molar-refractivity contribution in [3.63, 3.8) is 0 Å². The van der Waals surface area contributed by atoms with E-state index in [1.807, 2.05) is 24.3 Å². The van der Waals surface area contributed by atoms with Gasteiger partial charge >= 0.3 is 0 Å². The lowest BCUT2D eigenvalue weighted by Gasteiger charge is -2.26. The zero-order valence-corrected chi connectivity index (χ0v) is 11.7. The van der Waals surface area contributed by atoms with Crippen molar-refractivity contribution >= 4 is 11.6 Å². The number of aromatic nitrogens is 3. The summed E-state index contributed by atoms with van der Waals surface area (Å²) in [7, 11) is 0. The average molecular weight is 286 g/mol. The number of piperazine rings is 1. The van der Waals surface area contributed by atoms with Crippen LogP contribution in [0.15, 0.2) is 36.9 Å². The second kappa shape index (κ2) is 6.47. The molecule has 7 heteroatoms. The van der Waals surface area contributed by atoms with Crippen molar-refractivity contribution in [2.24, 2.45) is 0 Å². The zero-order chi connectivity index (χ0) is 14.5. The number of nitrogens with one attached hydrogen (secondary N) is 2. The van der Waals surface area contributed by atoms with Crippen LogP contribution in [0.1, 0.15) is 0 Å². The summed E-state index contributed by atoms with van der Waals surface area (Å²) in [5, 5.41) is 10.3. The summed E-state index contributed by atoms with van der Waals surface area (Å²) in [6.07, 6.45) is 3.08. The van der Waals surface area contributed by atoms with E-state index in [1.54, 1.807) is 11.0 Å². The number of nitrogens with zero attached hydrogens (tertiary/aromatic N) is 4. The topological polar surface area (TPSA) is 75.1 Å². The molecule has 1 aliphatic heterocycles. The number of carbonyl (C=O) groups excluding carboxylic acids is 1. The molecule has 0 bridgehead atoms. The Morgan fingerprint density at radius 1 is 1.29 bits per heavy atom. The van der Waals surface area contributed by atoms with Crippen molar-refractivity contribution in [2.45, 2.75) is 0 Å². The van der Waals surface area contributed by atoms with Gasteiger partial charge in [-0.15, -0.1) is 0 Å². The fourth-order valence-corrected chi connectivity index (χ4v) is 2.37. The summed E-state index contributed by atoms with van der Waals surface area (Å²) >= 11 is 0. The Morgan fingerprint density at radius 2 is 2.10 bits per heavy atom. The number of carbonyl (C=O) groups is 1. The van der Waals surface area contributed by atoms with Gasteiger partial charge in [-0.2, -0.15) is 5.10 Å². The van der Waals surface area contributed by atoms with Crippen LogP contribution >= 0.6 is 0 Å². The van der Waals surface area contributed by atoms with Gasteiger partial charge in [0.2, 0.25) is 5.91 Å². The number of amides is 1. The van der Waals surface area contributed by atoms with Gasteiger partial charge in [-0.05, 0) is 12.1 Å². The summed E-state index contributed by atoms with van der Waals surface area (Å²) in [6.45, 7) is 4.08. The van der Waals surface area contributed by atoms with Crippen molar-refractivity contribution in [3.8, 4) is 5.69 Å². The molecule has 1 aromatic carbocycles. The molecule has 1 fully saturated rings. The van der Waals surface area contributed by atoms with E-state index in [-0.39, 0.29) is 5.91 Å². The Labute approximate surface area is 123 Å². The standard InChI is InChI=1S/C14H18N6O/c21-14(9-19-7-5-15-6-8-19)18-12-3-1-2-4-13(12)20-11-16-10-17-20/h1-4,10-11,15H,5-9H2,(H,18,21). The molecule has 1 aromatic heterocycles. The largest absolute Gasteiger partial charge is 0.323 e. The van der Waals surface area contributed by atoms with E-state index in [0.29, 0.717) is 6.54 Å². The minimum absolute atomic E-state index is 0.00975. The maximum atomic E-state index is 12.2. The maximum Gasteiger partial charge on any atom is 0.238 e. The van der Waals surface area contributed by atoms with Gasteiger partial charge in [0.1, 0.15) is 12.7 Å². The predicted octanol–water partition coefficient (Wildman–Crippen LogP) is 0.111. The molecule has 0 spiro atoms. The molecular weight excluding hydrogens is 268 g/mol. The summed E-state index contributed by atoms with van der Waals surface area (Å²) < 4.78 is 1.64.